The number of hydrogen-bond acceptors (Lipinski definition) is 1. The first-order chi connectivity index (χ1) is 25.8. The number of aromatic nitrogens is 1. The van der Waals surface area contributed by atoms with Gasteiger partial charge in [-0.1, -0.05) is 170 Å². The molecule has 0 spiro atoms. The molecule has 0 radical (unpaired) electrons. The Morgan fingerprint density at radius 1 is 0.269 bits per heavy atom. The second-order valence-corrected chi connectivity index (χ2v) is 13.5. The summed E-state index contributed by atoms with van der Waals surface area (Å²) in [4.78, 5) is 4.82. The molecule has 1 heteroatoms. The highest BCUT2D eigenvalue weighted by molar-refractivity contribution is 6.22. The summed E-state index contributed by atoms with van der Waals surface area (Å²) >= 11 is 0. The van der Waals surface area contributed by atoms with Crippen LogP contribution in [0.1, 0.15) is 0 Å². The van der Waals surface area contributed by atoms with Gasteiger partial charge in [-0.05, 0) is 106 Å². The molecule has 1 heterocycles. The maximum Gasteiger partial charge on any atom is 0.0780 e. The van der Waals surface area contributed by atoms with E-state index in [1.165, 1.54) is 82.0 Å². The van der Waals surface area contributed by atoms with E-state index in [9.17, 15) is 0 Å². The van der Waals surface area contributed by atoms with E-state index in [-0.39, 0.29) is 0 Å². The molecular formula is C51H33N. The SMILES string of the molecule is c1ccc(-c2cccnc2-c2ccc(-c3ccc4c(-c5ccc6ccccc6c5)c5ccccc5c(-c5ccc6ccccc6c5)c4c3)cc2)cc1. The quantitative estimate of drug-likeness (QED) is 0.168. The highest BCUT2D eigenvalue weighted by Gasteiger charge is 2.18. The van der Waals surface area contributed by atoms with Crippen LogP contribution in [0.15, 0.2) is 200 Å². The molecule has 0 saturated carbocycles. The summed E-state index contributed by atoms with van der Waals surface area (Å²) in [5.74, 6) is 0. The van der Waals surface area contributed by atoms with Gasteiger partial charge < -0.3 is 0 Å². The molecule has 1 nitrogen and oxygen atoms in total. The van der Waals surface area contributed by atoms with Gasteiger partial charge in [0.1, 0.15) is 0 Å². The predicted octanol–water partition coefficient (Wildman–Crippen LogP) is 14.0. The standard InChI is InChI=1S/C51H33N/c1-2-13-37(14-3-1)44-19-10-30-52-51(44)38-24-20-36(21-25-38)41-28-29-47-48(33-41)50(43-27-23-35-12-5-7-16-40(35)32-43)46-18-9-8-17-45(46)49(47)42-26-22-34-11-4-6-15-39(34)31-42/h1-33H. The molecule has 0 atom stereocenters. The molecule has 0 N–H and O–H groups in total. The van der Waals surface area contributed by atoms with E-state index in [0.717, 1.165) is 16.8 Å². The number of hydrogen-bond donors (Lipinski definition) is 0. The maximum absolute atomic E-state index is 4.82. The molecule has 0 fully saturated rings. The lowest BCUT2D eigenvalue weighted by Crippen LogP contribution is -1.92. The van der Waals surface area contributed by atoms with Crippen LogP contribution in [-0.2, 0) is 0 Å². The Kier molecular flexibility index (Phi) is 7.22. The highest BCUT2D eigenvalue weighted by Crippen LogP contribution is 2.46. The van der Waals surface area contributed by atoms with Crippen LogP contribution in [0, 0.1) is 0 Å². The van der Waals surface area contributed by atoms with Crippen LogP contribution in [0.3, 0.4) is 0 Å². The first-order valence-electron chi connectivity index (χ1n) is 17.9. The van der Waals surface area contributed by atoms with Gasteiger partial charge in [-0.3, -0.25) is 4.98 Å². The van der Waals surface area contributed by atoms with Crippen molar-refractivity contribution >= 4 is 43.1 Å². The Labute approximate surface area is 303 Å². The Balaban J connectivity index is 1.19. The zero-order chi connectivity index (χ0) is 34.4. The summed E-state index contributed by atoms with van der Waals surface area (Å²) < 4.78 is 0. The average Bonchev–Trinajstić information content (AvgIpc) is 3.22. The fourth-order valence-electron chi connectivity index (χ4n) is 7.98. The van der Waals surface area contributed by atoms with Gasteiger partial charge in [0.25, 0.3) is 0 Å². The van der Waals surface area contributed by atoms with E-state index in [1.807, 2.05) is 12.3 Å². The van der Waals surface area contributed by atoms with Crippen molar-refractivity contribution < 1.29 is 0 Å². The third-order valence-corrected chi connectivity index (χ3v) is 10.5. The van der Waals surface area contributed by atoms with Crippen LogP contribution in [0.25, 0.3) is 98.9 Å². The molecule has 0 bridgehead atoms. The minimum absolute atomic E-state index is 0.990. The number of pyridine rings is 1. The van der Waals surface area contributed by atoms with E-state index in [0.29, 0.717) is 0 Å². The second kappa shape index (κ2) is 12.5. The van der Waals surface area contributed by atoms with Gasteiger partial charge in [0.2, 0.25) is 0 Å². The van der Waals surface area contributed by atoms with Crippen molar-refractivity contribution in [2.45, 2.75) is 0 Å². The number of fused-ring (bicyclic) bond motifs is 4. The van der Waals surface area contributed by atoms with E-state index < -0.39 is 0 Å². The minimum atomic E-state index is 0.990. The van der Waals surface area contributed by atoms with Gasteiger partial charge in [0, 0.05) is 17.3 Å². The van der Waals surface area contributed by atoms with Gasteiger partial charge in [0.15, 0.2) is 0 Å². The molecule has 0 aliphatic carbocycles. The van der Waals surface area contributed by atoms with Crippen molar-refractivity contribution in [3.05, 3.63) is 200 Å². The molecule has 0 saturated heterocycles. The number of nitrogens with zero attached hydrogens (tertiary/aromatic N) is 1. The molecule has 10 rings (SSSR count). The predicted molar refractivity (Wildman–Crippen MR) is 221 cm³/mol. The van der Waals surface area contributed by atoms with Crippen LogP contribution in [-0.4, -0.2) is 4.98 Å². The van der Waals surface area contributed by atoms with Crippen LogP contribution in [0.2, 0.25) is 0 Å². The third kappa shape index (κ3) is 5.14. The molecule has 0 unspecified atom stereocenters. The summed E-state index contributed by atoms with van der Waals surface area (Å²) in [7, 11) is 0. The molecule has 1 aromatic heterocycles. The van der Waals surface area contributed by atoms with E-state index in [1.54, 1.807) is 0 Å². The summed E-state index contributed by atoms with van der Waals surface area (Å²) in [5, 5.41) is 9.99. The van der Waals surface area contributed by atoms with Crippen LogP contribution >= 0.6 is 0 Å². The van der Waals surface area contributed by atoms with Crippen molar-refractivity contribution in [2.75, 3.05) is 0 Å². The number of rotatable bonds is 5. The van der Waals surface area contributed by atoms with Crippen molar-refractivity contribution in [3.8, 4) is 55.8 Å². The Morgan fingerprint density at radius 2 is 0.769 bits per heavy atom. The molecule has 242 valence electrons. The molecule has 10 aromatic rings. The Hall–Kier alpha value is -6.83. The molecule has 9 aromatic carbocycles. The fourth-order valence-corrected chi connectivity index (χ4v) is 7.98. The normalized spacial score (nSPS) is 11.5. The topological polar surface area (TPSA) is 12.9 Å². The van der Waals surface area contributed by atoms with Crippen molar-refractivity contribution in [1.29, 1.82) is 0 Å². The van der Waals surface area contributed by atoms with Crippen LogP contribution in [0.4, 0.5) is 0 Å². The largest absolute Gasteiger partial charge is 0.256 e. The maximum atomic E-state index is 4.82. The van der Waals surface area contributed by atoms with Crippen LogP contribution in [0.5, 0.6) is 0 Å². The monoisotopic (exact) mass is 659 g/mol. The second-order valence-electron chi connectivity index (χ2n) is 13.5. The van der Waals surface area contributed by atoms with Gasteiger partial charge in [0.05, 0.1) is 5.69 Å². The van der Waals surface area contributed by atoms with Crippen molar-refractivity contribution in [1.82, 2.24) is 4.98 Å². The van der Waals surface area contributed by atoms with E-state index in [4.69, 9.17) is 4.98 Å². The molecule has 52 heavy (non-hydrogen) atoms. The zero-order valence-electron chi connectivity index (χ0n) is 28.5. The lowest BCUT2D eigenvalue weighted by molar-refractivity contribution is 1.32. The molecule has 0 aliphatic rings. The van der Waals surface area contributed by atoms with Crippen molar-refractivity contribution in [2.24, 2.45) is 0 Å². The van der Waals surface area contributed by atoms with Gasteiger partial charge in [-0.25, -0.2) is 0 Å². The lowest BCUT2D eigenvalue weighted by atomic mass is 9.84. The number of benzene rings is 9. The summed E-state index contributed by atoms with van der Waals surface area (Å²) in [6.45, 7) is 0. The average molecular weight is 660 g/mol. The van der Waals surface area contributed by atoms with Crippen molar-refractivity contribution in [3.63, 3.8) is 0 Å². The van der Waals surface area contributed by atoms with Gasteiger partial charge in [-0.15, -0.1) is 0 Å². The highest BCUT2D eigenvalue weighted by atomic mass is 14.7. The Morgan fingerprint density at radius 3 is 1.42 bits per heavy atom. The zero-order valence-corrected chi connectivity index (χ0v) is 28.5. The minimum Gasteiger partial charge on any atom is -0.256 e. The molecule has 0 aliphatic heterocycles. The summed E-state index contributed by atoms with van der Waals surface area (Å²) in [6.07, 6.45) is 1.88. The molecule has 0 amide bonds. The van der Waals surface area contributed by atoms with Gasteiger partial charge >= 0.3 is 0 Å². The lowest BCUT2D eigenvalue weighted by Gasteiger charge is -2.19. The summed E-state index contributed by atoms with van der Waals surface area (Å²) in [6, 6.07) is 70.6. The third-order valence-electron chi connectivity index (χ3n) is 10.5. The van der Waals surface area contributed by atoms with Gasteiger partial charge in [-0.2, -0.15) is 0 Å². The van der Waals surface area contributed by atoms with E-state index >= 15 is 0 Å². The fraction of sp³-hybridized carbons (Fsp3) is 0. The summed E-state index contributed by atoms with van der Waals surface area (Å²) in [5.41, 5.74) is 11.7. The first kappa shape index (κ1) is 30.0. The first-order valence-corrected chi connectivity index (χ1v) is 17.9. The Bertz CT molecular complexity index is 2940. The van der Waals surface area contributed by atoms with Crippen LogP contribution < -0.4 is 0 Å². The molecular weight excluding hydrogens is 627 g/mol. The smallest absolute Gasteiger partial charge is 0.0780 e. The van der Waals surface area contributed by atoms with E-state index in [2.05, 4.69) is 188 Å².